The molecule has 4 rings (SSSR count). The van der Waals surface area contributed by atoms with Crippen LogP contribution >= 0.6 is 0 Å². The number of aryl methyl sites for hydroxylation is 1. The molecular formula is C26H25N. The largest absolute Gasteiger partial charge is 0.344 e. The zero-order valence-corrected chi connectivity index (χ0v) is 16.0. The van der Waals surface area contributed by atoms with E-state index in [9.17, 15) is 0 Å². The van der Waals surface area contributed by atoms with E-state index in [0.717, 1.165) is 6.42 Å². The van der Waals surface area contributed by atoms with Gasteiger partial charge in [0.25, 0.3) is 0 Å². The van der Waals surface area contributed by atoms with Crippen LogP contribution in [0.15, 0.2) is 97.1 Å². The molecule has 0 saturated heterocycles. The van der Waals surface area contributed by atoms with E-state index >= 15 is 0 Å². The average molecular weight is 351 g/mol. The monoisotopic (exact) mass is 351 g/mol. The zero-order valence-electron chi connectivity index (χ0n) is 16.0. The highest BCUT2D eigenvalue weighted by molar-refractivity contribution is 5.74. The summed E-state index contributed by atoms with van der Waals surface area (Å²) in [6, 6.07) is 26.2. The molecule has 0 heterocycles. The van der Waals surface area contributed by atoms with E-state index in [1.165, 1.54) is 33.6 Å². The SMILES string of the molecule is Cc1ccc(-c2ccccc2)cc1N(C)c1cccc(C2C=CC=CC2)c1. The lowest BCUT2D eigenvalue weighted by atomic mass is 9.92. The number of allylic oxidation sites excluding steroid dienone is 4. The Labute approximate surface area is 162 Å². The summed E-state index contributed by atoms with van der Waals surface area (Å²) in [5.41, 5.74) is 7.62. The minimum Gasteiger partial charge on any atom is -0.344 e. The molecule has 3 aromatic rings. The molecule has 0 bridgehead atoms. The molecule has 0 spiro atoms. The molecule has 0 radical (unpaired) electrons. The van der Waals surface area contributed by atoms with Crippen LogP contribution in [0.1, 0.15) is 23.5 Å². The standard InChI is InChI=1S/C26H25N/c1-20-16-17-24(22-12-7-4-8-13-22)19-26(20)27(2)25-15-9-14-23(18-25)21-10-5-3-6-11-21/h3-10,12-19,21H,11H2,1-2H3. The van der Waals surface area contributed by atoms with Crippen molar-refractivity contribution in [2.45, 2.75) is 19.3 Å². The fourth-order valence-corrected chi connectivity index (χ4v) is 3.71. The lowest BCUT2D eigenvalue weighted by molar-refractivity contribution is 0.853. The van der Waals surface area contributed by atoms with E-state index in [-0.39, 0.29) is 0 Å². The molecule has 134 valence electrons. The second kappa shape index (κ2) is 7.67. The first-order chi connectivity index (χ1) is 13.2. The van der Waals surface area contributed by atoms with Gasteiger partial charge in [0.05, 0.1) is 0 Å². The Balaban J connectivity index is 1.67. The minimum atomic E-state index is 0.472. The number of anilines is 2. The summed E-state index contributed by atoms with van der Waals surface area (Å²) in [7, 11) is 2.16. The fourth-order valence-electron chi connectivity index (χ4n) is 3.71. The lowest BCUT2D eigenvalue weighted by Crippen LogP contribution is -2.11. The van der Waals surface area contributed by atoms with Crippen molar-refractivity contribution in [3.05, 3.63) is 108 Å². The van der Waals surface area contributed by atoms with Gasteiger partial charge in [0.15, 0.2) is 0 Å². The van der Waals surface area contributed by atoms with Gasteiger partial charge in [-0.3, -0.25) is 0 Å². The number of hydrogen-bond acceptors (Lipinski definition) is 1. The molecular weight excluding hydrogens is 326 g/mol. The van der Waals surface area contributed by atoms with Gasteiger partial charge in [0.2, 0.25) is 0 Å². The summed E-state index contributed by atoms with van der Waals surface area (Å²) in [5, 5.41) is 0. The second-order valence-corrected chi connectivity index (χ2v) is 7.18. The first kappa shape index (κ1) is 17.4. The van der Waals surface area contributed by atoms with Crippen LogP contribution in [0.4, 0.5) is 11.4 Å². The summed E-state index contributed by atoms with van der Waals surface area (Å²) in [4.78, 5) is 2.30. The van der Waals surface area contributed by atoms with E-state index in [2.05, 4.69) is 116 Å². The van der Waals surface area contributed by atoms with Gasteiger partial charge in [0, 0.05) is 24.3 Å². The molecule has 1 heteroatoms. The highest BCUT2D eigenvalue weighted by Crippen LogP contribution is 2.33. The van der Waals surface area contributed by atoms with Gasteiger partial charge >= 0.3 is 0 Å². The van der Waals surface area contributed by atoms with Crippen LogP contribution in [0.2, 0.25) is 0 Å². The van der Waals surface area contributed by atoms with Crippen molar-refractivity contribution in [1.82, 2.24) is 0 Å². The number of rotatable bonds is 4. The molecule has 1 unspecified atom stereocenters. The van der Waals surface area contributed by atoms with Crippen molar-refractivity contribution in [3.8, 4) is 11.1 Å². The molecule has 0 saturated carbocycles. The normalized spacial score (nSPS) is 15.7. The van der Waals surface area contributed by atoms with Crippen LogP contribution in [-0.4, -0.2) is 7.05 Å². The highest BCUT2D eigenvalue weighted by Gasteiger charge is 2.13. The quantitative estimate of drug-likeness (QED) is 0.488. The molecule has 0 aliphatic heterocycles. The van der Waals surface area contributed by atoms with Crippen molar-refractivity contribution in [1.29, 1.82) is 0 Å². The summed E-state index contributed by atoms with van der Waals surface area (Å²) < 4.78 is 0. The van der Waals surface area contributed by atoms with E-state index in [1.807, 2.05) is 0 Å². The van der Waals surface area contributed by atoms with Crippen LogP contribution in [0, 0.1) is 6.92 Å². The van der Waals surface area contributed by atoms with Crippen LogP contribution in [0.25, 0.3) is 11.1 Å². The molecule has 3 aromatic carbocycles. The molecule has 1 nitrogen and oxygen atoms in total. The van der Waals surface area contributed by atoms with E-state index in [0.29, 0.717) is 5.92 Å². The molecule has 1 aliphatic rings. The van der Waals surface area contributed by atoms with Crippen LogP contribution in [0.3, 0.4) is 0 Å². The van der Waals surface area contributed by atoms with Crippen molar-refractivity contribution in [3.63, 3.8) is 0 Å². The average Bonchev–Trinajstić information content (AvgIpc) is 2.75. The van der Waals surface area contributed by atoms with Gasteiger partial charge in [-0.15, -0.1) is 0 Å². The predicted molar refractivity (Wildman–Crippen MR) is 117 cm³/mol. The van der Waals surface area contributed by atoms with E-state index < -0.39 is 0 Å². The van der Waals surface area contributed by atoms with Crippen molar-refractivity contribution < 1.29 is 0 Å². The Bertz CT molecular complexity index is 982. The zero-order chi connectivity index (χ0) is 18.6. The smallest absolute Gasteiger partial charge is 0.0444 e. The first-order valence-electron chi connectivity index (χ1n) is 9.55. The lowest BCUT2D eigenvalue weighted by Gasteiger charge is -2.24. The number of hydrogen-bond donors (Lipinski definition) is 0. The maximum atomic E-state index is 2.32. The third kappa shape index (κ3) is 3.73. The molecule has 1 aliphatic carbocycles. The van der Waals surface area contributed by atoms with Gasteiger partial charge in [0.1, 0.15) is 0 Å². The minimum absolute atomic E-state index is 0.472. The molecule has 0 aromatic heterocycles. The summed E-state index contributed by atoms with van der Waals surface area (Å²) in [6.45, 7) is 2.18. The number of benzene rings is 3. The topological polar surface area (TPSA) is 3.24 Å². The Hall–Kier alpha value is -3.06. The highest BCUT2D eigenvalue weighted by atomic mass is 15.1. The Kier molecular flexibility index (Phi) is 4.93. The fraction of sp³-hybridized carbons (Fsp3) is 0.154. The molecule has 0 amide bonds. The second-order valence-electron chi connectivity index (χ2n) is 7.18. The molecule has 0 N–H and O–H groups in total. The van der Waals surface area contributed by atoms with Crippen molar-refractivity contribution in [2.24, 2.45) is 0 Å². The molecule has 27 heavy (non-hydrogen) atoms. The van der Waals surface area contributed by atoms with Crippen molar-refractivity contribution in [2.75, 3.05) is 11.9 Å². The van der Waals surface area contributed by atoms with Gasteiger partial charge in [-0.1, -0.05) is 78.9 Å². The number of nitrogens with zero attached hydrogens (tertiary/aromatic N) is 1. The van der Waals surface area contributed by atoms with Gasteiger partial charge < -0.3 is 4.90 Å². The predicted octanol–water partition coefficient (Wildman–Crippen LogP) is 7.03. The van der Waals surface area contributed by atoms with Crippen LogP contribution in [0.5, 0.6) is 0 Å². The Morgan fingerprint density at radius 2 is 1.67 bits per heavy atom. The molecule has 1 atom stereocenters. The van der Waals surface area contributed by atoms with Crippen LogP contribution < -0.4 is 4.90 Å². The summed E-state index contributed by atoms with van der Waals surface area (Å²) in [5.74, 6) is 0.472. The maximum absolute atomic E-state index is 2.32. The maximum Gasteiger partial charge on any atom is 0.0444 e. The first-order valence-corrected chi connectivity index (χ1v) is 9.55. The van der Waals surface area contributed by atoms with Crippen molar-refractivity contribution >= 4 is 11.4 Å². The van der Waals surface area contributed by atoms with Crippen LogP contribution in [-0.2, 0) is 0 Å². The summed E-state index contributed by atoms with van der Waals surface area (Å²) in [6.07, 6.45) is 9.89. The molecule has 0 fully saturated rings. The Morgan fingerprint density at radius 1 is 0.815 bits per heavy atom. The summed E-state index contributed by atoms with van der Waals surface area (Å²) >= 11 is 0. The van der Waals surface area contributed by atoms with Gasteiger partial charge in [-0.25, -0.2) is 0 Å². The third-order valence-corrected chi connectivity index (χ3v) is 5.34. The van der Waals surface area contributed by atoms with Gasteiger partial charge in [-0.05, 0) is 53.8 Å². The van der Waals surface area contributed by atoms with Gasteiger partial charge in [-0.2, -0.15) is 0 Å². The Morgan fingerprint density at radius 3 is 2.44 bits per heavy atom. The van der Waals surface area contributed by atoms with E-state index in [4.69, 9.17) is 0 Å². The van der Waals surface area contributed by atoms with E-state index in [1.54, 1.807) is 0 Å². The third-order valence-electron chi connectivity index (χ3n) is 5.34.